The molecule has 2 aliphatic rings. The normalized spacial score (nSPS) is 23.3. The zero-order chi connectivity index (χ0) is 14.4. The molecule has 96 valence electrons. The quantitative estimate of drug-likeness (QED) is 0.724. The summed E-state index contributed by atoms with van der Waals surface area (Å²) in [5.41, 5.74) is 0.148. The Labute approximate surface area is 109 Å². The third-order valence-electron chi connectivity index (χ3n) is 3.26. The van der Waals surface area contributed by atoms with Gasteiger partial charge >= 0.3 is 0 Å². The first-order valence-corrected chi connectivity index (χ1v) is 5.82. The molecule has 2 aliphatic heterocycles. The number of amides is 4. The van der Waals surface area contributed by atoms with Gasteiger partial charge < -0.3 is 0 Å². The fraction of sp³-hybridized carbons (Fsp3) is 0.231. The molecule has 0 spiro atoms. The standard InChI is InChI=1S/C13H10N2O4/c16-10-6-5-9(11(17)14-10)15-12(18)7-3-1-2-4-8(7)13(15)19/h1-4,9H,5-6H2,(H,14,16,17)/i3D. The highest BCUT2D eigenvalue weighted by molar-refractivity contribution is 6.23. The van der Waals surface area contributed by atoms with Crippen molar-refractivity contribution in [1.29, 1.82) is 0 Å². The molecule has 0 aliphatic carbocycles. The largest absolute Gasteiger partial charge is 0.295 e. The molecule has 1 atom stereocenters. The monoisotopic (exact) mass is 259 g/mol. The number of benzene rings is 1. The lowest BCUT2D eigenvalue weighted by atomic mass is 10.0. The summed E-state index contributed by atoms with van der Waals surface area (Å²) in [6, 6.07) is 3.35. The zero-order valence-electron chi connectivity index (χ0n) is 10.8. The first-order chi connectivity index (χ1) is 9.50. The minimum Gasteiger partial charge on any atom is -0.295 e. The fourth-order valence-electron chi connectivity index (χ4n) is 2.35. The van der Waals surface area contributed by atoms with Crippen molar-refractivity contribution >= 4 is 23.6 Å². The van der Waals surface area contributed by atoms with Crippen molar-refractivity contribution in [1.82, 2.24) is 10.2 Å². The van der Waals surface area contributed by atoms with Crippen LogP contribution in [0.4, 0.5) is 0 Å². The summed E-state index contributed by atoms with van der Waals surface area (Å²) in [7, 11) is 0. The Balaban J connectivity index is 2.00. The van der Waals surface area contributed by atoms with E-state index in [2.05, 4.69) is 5.32 Å². The maximum Gasteiger partial charge on any atom is 0.262 e. The Morgan fingerprint density at radius 2 is 1.89 bits per heavy atom. The van der Waals surface area contributed by atoms with Crippen molar-refractivity contribution in [3.8, 4) is 0 Å². The maximum absolute atomic E-state index is 12.3. The van der Waals surface area contributed by atoms with E-state index in [1.807, 2.05) is 0 Å². The van der Waals surface area contributed by atoms with Gasteiger partial charge in [0.2, 0.25) is 11.8 Å². The molecule has 0 radical (unpaired) electrons. The van der Waals surface area contributed by atoms with Gasteiger partial charge in [-0.3, -0.25) is 29.4 Å². The minimum atomic E-state index is -0.987. The zero-order valence-corrected chi connectivity index (χ0v) is 9.80. The summed E-state index contributed by atoms with van der Waals surface area (Å²) in [6.07, 6.45) is 0.195. The minimum absolute atomic E-state index is 0.0159. The van der Waals surface area contributed by atoms with Crippen LogP contribution in [0, 0.1) is 0 Å². The molecule has 1 fully saturated rings. The van der Waals surface area contributed by atoms with Gasteiger partial charge in [-0.1, -0.05) is 12.1 Å². The summed E-state index contributed by atoms with van der Waals surface area (Å²) in [6.45, 7) is 0. The molecule has 1 unspecified atom stereocenters. The maximum atomic E-state index is 12.3. The van der Waals surface area contributed by atoms with Gasteiger partial charge in [0.25, 0.3) is 11.8 Å². The van der Waals surface area contributed by atoms with E-state index in [0.717, 1.165) is 4.90 Å². The van der Waals surface area contributed by atoms with E-state index in [4.69, 9.17) is 1.37 Å². The number of carbonyl (C=O) groups excluding carboxylic acids is 4. The van der Waals surface area contributed by atoms with Gasteiger partial charge in [0, 0.05) is 6.42 Å². The number of rotatable bonds is 1. The molecule has 3 rings (SSSR count). The first-order valence-electron chi connectivity index (χ1n) is 6.32. The number of hydrogen-bond acceptors (Lipinski definition) is 4. The second-order valence-electron chi connectivity index (χ2n) is 4.41. The molecule has 1 saturated heterocycles. The van der Waals surface area contributed by atoms with E-state index < -0.39 is 29.7 Å². The molecule has 0 aromatic heterocycles. The van der Waals surface area contributed by atoms with E-state index in [9.17, 15) is 19.2 Å². The van der Waals surface area contributed by atoms with Crippen LogP contribution in [-0.4, -0.2) is 34.6 Å². The van der Waals surface area contributed by atoms with Crippen molar-refractivity contribution in [2.24, 2.45) is 0 Å². The van der Waals surface area contributed by atoms with Gasteiger partial charge in [-0.15, -0.1) is 0 Å². The third kappa shape index (κ3) is 1.64. The van der Waals surface area contributed by atoms with Crippen LogP contribution in [0.25, 0.3) is 0 Å². The SMILES string of the molecule is [2H]c1cccc2c1C(=O)N(C1CCC(=O)NC1=O)C2=O. The molecule has 1 aromatic rings. The van der Waals surface area contributed by atoms with Crippen molar-refractivity contribution in [2.75, 3.05) is 0 Å². The van der Waals surface area contributed by atoms with Gasteiger partial charge in [0.05, 0.1) is 12.5 Å². The molecule has 19 heavy (non-hydrogen) atoms. The number of carbonyl (C=O) groups is 4. The van der Waals surface area contributed by atoms with Crippen LogP contribution >= 0.6 is 0 Å². The topological polar surface area (TPSA) is 83.6 Å². The van der Waals surface area contributed by atoms with Crippen LogP contribution in [0.1, 0.15) is 34.9 Å². The Bertz CT molecular complexity index is 670. The number of hydrogen-bond donors (Lipinski definition) is 1. The number of piperidine rings is 1. The van der Waals surface area contributed by atoms with E-state index in [0.29, 0.717) is 0 Å². The molecule has 4 amide bonds. The van der Waals surface area contributed by atoms with Gasteiger partial charge in [-0.25, -0.2) is 0 Å². The van der Waals surface area contributed by atoms with Crippen molar-refractivity contribution in [3.05, 3.63) is 35.4 Å². The average Bonchev–Trinajstić information content (AvgIpc) is 2.64. The predicted molar refractivity (Wildman–Crippen MR) is 63.1 cm³/mol. The summed E-state index contributed by atoms with van der Waals surface area (Å²) in [5, 5.41) is 2.12. The highest BCUT2D eigenvalue weighted by Crippen LogP contribution is 2.26. The Morgan fingerprint density at radius 3 is 2.58 bits per heavy atom. The molecule has 0 bridgehead atoms. The van der Waals surface area contributed by atoms with E-state index >= 15 is 0 Å². The second-order valence-corrected chi connectivity index (χ2v) is 4.41. The van der Waals surface area contributed by atoms with Crippen LogP contribution in [0.5, 0.6) is 0 Å². The third-order valence-corrected chi connectivity index (χ3v) is 3.26. The molecule has 2 heterocycles. The van der Waals surface area contributed by atoms with Crippen molar-refractivity contribution in [3.63, 3.8) is 0 Å². The van der Waals surface area contributed by atoms with Gasteiger partial charge in [0.1, 0.15) is 6.04 Å². The van der Waals surface area contributed by atoms with Gasteiger partial charge in [-0.05, 0) is 18.5 Å². The number of imide groups is 2. The van der Waals surface area contributed by atoms with Gasteiger partial charge in [-0.2, -0.15) is 0 Å². The van der Waals surface area contributed by atoms with Crippen LogP contribution < -0.4 is 5.32 Å². The lowest BCUT2D eigenvalue weighted by molar-refractivity contribution is -0.136. The lowest BCUT2D eigenvalue weighted by Gasteiger charge is -2.27. The van der Waals surface area contributed by atoms with E-state index in [1.54, 1.807) is 0 Å². The Hall–Kier alpha value is -2.50. The highest BCUT2D eigenvalue weighted by atomic mass is 16.2. The van der Waals surface area contributed by atoms with Gasteiger partial charge in [0.15, 0.2) is 0 Å². The number of nitrogens with one attached hydrogen (secondary N) is 1. The van der Waals surface area contributed by atoms with Crippen molar-refractivity contribution in [2.45, 2.75) is 18.9 Å². The number of fused-ring (bicyclic) bond motifs is 1. The predicted octanol–water partition coefficient (Wildman–Crippen LogP) is 0.0878. The lowest BCUT2D eigenvalue weighted by Crippen LogP contribution is -2.54. The summed E-state index contributed by atoms with van der Waals surface area (Å²) in [4.78, 5) is 48.3. The molecule has 6 heteroatoms. The number of nitrogens with zero attached hydrogens (tertiary/aromatic N) is 1. The molecule has 6 nitrogen and oxygen atoms in total. The second kappa shape index (κ2) is 4.01. The molecule has 0 saturated carbocycles. The Morgan fingerprint density at radius 1 is 1.16 bits per heavy atom. The molecule has 1 aromatic carbocycles. The molecule has 1 N–H and O–H groups in total. The van der Waals surface area contributed by atoms with E-state index in [1.165, 1.54) is 18.2 Å². The first kappa shape index (κ1) is 10.4. The van der Waals surface area contributed by atoms with Crippen LogP contribution in [0.2, 0.25) is 0 Å². The van der Waals surface area contributed by atoms with Crippen molar-refractivity contribution < 1.29 is 20.5 Å². The summed E-state index contributed by atoms with van der Waals surface area (Å²) in [5.74, 6) is -2.30. The van der Waals surface area contributed by atoms with Crippen LogP contribution in [-0.2, 0) is 9.59 Å². The molecular weight excluding hydrogens is 248 g/mol. The molecular formula is C13H10N2O4. The Kier molecular flexibility index (Phi) is 2.20. The highest BCUT2D eigenvalue weighted by Gasteiger charge is 2.44. The fourth-order valence-corrected chi connectivity index (χ4v) is 2.35. The van der Waals surface area contributed by atoms with Crippen LogP contribution in [0.15, 0.2) is 24.2 Å². The van der Waals surface area contributed by atoms with E-state index in [-0.39, 0.29) is 30.0 Å². The smallest absolute Gasteiger partial charge is 0.262 e. The summed E-state index contributed by atoms with van der Waals surface area (Å²) < 4.78 is 7.70. The van der Waals surface area contributed by atoms with Crippen LogP contribution in [0.3, 0.4) is 0 Å². The summed E-state index contributed by atoms with van der Waals surface area (Å²) >= 11 is 0. The average molecular weight is 259 g/mol.